The minimum absolute atomic E-state index is 0.114. The minimum Gasteiger partial charge on any atom is -0.395 e. The Balaban J connectivity index is 2.85. The lowest BCUT2D eigenvalue weighted by Crippen LogP contribution is -2.36. The molecule has 16 heavy (non-hydrogen) atoms. The maximum Gasteiger partial charge on any atom is 0.270 e. The molecule has 0 spiro atoms. The molecule has 0 saturated carbocycles. The van der Waals surface area contributed by atoms with Gasteiger partial charge >= 0.3 is 0 Å². The van der Waals surface area contributed by atoms with Crippen molar-refractivity contribution in [1.82, 2.24) is 9.47 Å². The van der Waals surface area contributed by atoms with Gasteiger partial charge in [-0.25, -0.2) is 0 Å². The summed E-state index contributed by atoms with van der Waals surface area (Å²) in [6.07, 6.45) is 1.78. The molecule has 0 saturated heterocycles. The smallest absolute Gasteiger partial charge is 0.270 e. The van der Waals surface area contributed by atoms with Gasteiger partial charge in [-0.15, -0.1) is 0 Å². The van der Waals surface area contributed by atoms with Crippen molar-refractivity contribution in [3.63, 3.8) is 0 Å². The van der Waals surface area contributed by atoms with Crippen molar-refractivity contribution >= 4 is 21.8 Å². The second-order valence-electron chi connectivity index (χ2n) is 3.39. The van der Waals surface area contributed by atoms with Crippen LogP contribution in [0.4, 0.5) is 0 Å². The standard InChI is InChI=1S/C10H15BrN2O3/c1-12-7-8(11)6-9(12)10(16)13(2-4-14)3-5-15/h6-7,14-15H,2-5H2,1H3. The van der Waals surface area contributed by atoms with Crippen LogP contribution < -0.4 is 0 Å². The van der Waals surface area contributed by atoms with Gasteiger partial charge in [0.15, 0.2) is 0 Å². The summed E-state index contributed by atoms with van der Waals surface area (Å²) in [6, 6.07) is 1.71. The molecular weight excluding hydrogens is 276 g/mol. The number of nitrogens with zero attached hydrogens (tertiary/aromatic N) is 2. The van der Waals surface area contributed by atoms with Crippen molar-refractivity contribution in [3.05, 3.63) is 22.4 Å². The molecule has 6 heteroatoms. The second-order valence-corrected chi connectivity index (χ2v) is 4.31. The molecule has 0 aliphatic carbocycles. The highest BCUT2D eigenvalue weighted by molar-refractivity contribution is 9.10. The number of aliphatic hydroxyl groups is 2. The van der Waals surface area contributed by atoms with Crippen molar-refractivity contribution in [2.24, 2.45) is 7.05 Å². The number of amides is 1. The van der Waals surface area contributed by atoms with Gasteiger partial charge in [0.2, 0.25) is 0 Å². The van der Waals surface area contributed by atoms with Gasteiger partial charge in [0.1, 0.15) is 5.69 Å². The molecule has 0 aliphatic rings. The molecule has 0 radical (unpaired) electrons. The Morgan fingerprint density at radius 1 is 1.44 bits per heavy atom. The van der Waals surface area contributed by atoms with E-state index in [1.165, 1.54) is 4.90 Å². The largest absolute Gasteiger partial charge is 0.395 e. The van der Waals surface area contributed by atoms with E-state index in [0.29, 0.717) is 5.69 Å². The Hall–Kier alpha value is -0.850. The van der Waals surface area contributed by atoms with Crippen molar-refractivity contribution in [2.75, 3.05) is 26.3 Å². The first-order valence-corrected chi connectivity index (χ1v) is 5.72. The number of halogens is 1. The van der Waals surface area contributed by atoms with Gasteiger partial charge in [0, 0.05) is 30.8 Å². The zero-order valence-electron chi connectivity index (χ0n) is 9.06. The van der Waals surface area contributed by atoms with E-state index in [0.717, 1.165) is 4.47 Å². The van der Waals surface area contributed by atoms with Crippen LogP contribution >= 0.6 is 15.9 Å². The summed E-state index contributed by atoms with van der Waals surface area (Å²) in [5, 5.41) is 17.7. The van der Waals surface area contributed by atoms with E-state index in [-0.39, 0.29) is 32.2 Å². The number of hydrogen-bond acceptors (Lipinski definition) is 3. The van der Waals surface area contributed by atoms with Crippen LogP contribution in [0.15, 0.2) is 16.7 Å². The van der Waals surface area contributed by atoms with E-state index in [9.17, 15) is 4.79 Å². The molecule has 0 unspecified atom stereocenters. The average molecular weight is 291 g/mol. The van der Waals surface area contributed by atoms with Gasteiger partial charge in [0.25, 0.3) is 5.91 Å². The highest BCUT2D eigenvalue weighted by Gasteiger charge is 2.17. The summed E-state index contributed by atoms with van der Waals surface area (Å²) in [4.78, 5) is 13.4. The van der Waals surface area contributed by atoms with E-state index in [4.69, 9.17) is 10.2 Å². The lowest BCUT2D eigenvalue weighted by atomic mass is 10.3. The maximum atomic E-state index is 12.0. The Morgan fingerprint density at radius 3 is 2.38 bits per heavy atom. The highest BCUT2D eigenvalue weighted by Crippen LogP contribution is 2.15. The third kappa shape index (κ3) is 3.07. The van der Waals surface area contributed by atoms with E-state index < -0.39 is 0 Å². The molecule has 0 fully saturated rings. The fourth-order valence-electron chi connectivity index (χ4n) is 1.46. The molecule has 1 aromatic rings. The molecule has 5 nitrogen and oxygen atoms in total. The molecule has 0 aliphatic heterocycles. The van der Waals surface area contributed by atoms with Gasteiger partial charge in [-0.1, -0.05) is 0 Å². The fraction of sp³-hybridized carbons (Fsp3) is 0.500. The Morgan fingerprint density at radius 2 is 2.00 bits per heavy atom. The normalized spacial score (nSPS) is 10.5. The first kappa shape index (κ1) is 13.2. The molecule has 1 aromatic heterocycles. The molecule has 2 N–H and O–H groups in total. The lowest BCUT2D eigenvalue weighted by molar-refractivity contribution is 0.0675. The second kappa shape index (κ2) is 6.03. The number of carbonyl (C=O) groups is 1. The number of aliphatic hydroxyl groups excluding tert-OH is 2. The molecule has 1 amide bonds. The van der Waals surface area contributed by atoms with Crippen LogP contribution in [-0.4, -0.2) is 51.9 Å². The monoisotopic (exact) mass is 290 g/mol. The quantitative estimate of drug-likeness (QED) is 0.815. The molecular formula is C10H15BrN2O3. The summed E-state index contributed by atoms with van der Waals surface area (Å²) in [6.45, 7) is 0.221. The van der Waals surface area contributed by atoms with E-state index >= 15 is 0 Å². The van der Waals surface area contributed by atoms with Crippen molar-refractivity contribution in [2.45, 2.75) is 0 Å². The number of carbonyl (C=O) groups excluding carboxylic acids is 1. The average Bonchev–Trinajstić information content (AvgIpc) is 2.56. The Labute approximate surface area is 102 Å². The highest BCUT2D eigenvalue weighted by atomic mass is 79.9. The van der Waals surface area contributed by atoms with Gasteiger partial charge in [0.05, 0.1) is 13.2 Å². The van der Waals surface area contributed by atoms with Crippen molar-refractivity contribution in [3.8, 4) is 0 Å². The number of rotatable bonds is 5. The zero-order chi connectivity index (χ0) is 12.1. The summed E-state index contributed by atoms with van der Waals surface area (Å²) < 4.78 is 2.53. The van der Waals surface area contributed by atoms with Crippen LogP contribution in [0.1, 0.15) is 10.5 Å². The van der Waals surface area contributed by atoms with Crippen molar-refractivity contribution < 1.29 is 15.0 Å². The predicted octanol–water partition coefficient (Wildman–Crippen LogP) is 0.214. The Kier molecular flexibility index (Phi) is 4.98. The van der Waals surface area contributed by atoms with Crippen molar-refractivity contribution in [1.29, 1.82) is 0 Å². The number of aromatic nitrogens is 1. The van der Waals surface area contributed by atoms with E-state index in [1.807, 2.05) is 0 Å². The van der Waals surface area contributed by atoms with Gasteiger partial charge in [-0.05, 0) is 22.0 Å². The van der Waals surface area contributed by atoms with Gasteiger partial charge in [-0.3, -0.25) is 4.79 Å². The number of aryl methyl sites for hydroxylation is 1. The SMILES string of the molecule is Cn1cc(Br)cc1C(=O)N(CCO)CCO. The van der Waals surface area contributed by atoms with Gasteiger partial charge < -0.3 is 19.7 Å². The van der Waals surface area contributed by atoms with Crippen LogP contribution in [0.5, 0.6) is 0 Å². The Bertz CT molecular complexity index is 359. The molecule has 1 heterocycles. The van der Waals surface area contributed by atoms with E-state index in [2.05, 4.69) is 15.9 Å². The fourth-order valence-corrected chi connectivity index (χ4v) is 1.98. The molecule has 1 rings (SSSR count). The lowest BCUT2D eigenvalue weighted by Gasteiger charge is -2.20. The molecule has 0 atom stereocenters. The zero-order valence-corrected chi connectivity index (χ0v) is 10.6. The maximum absolute atomic E-state index is 12.0. The number of hydrogen-bond donors (Lipinski definition) is 2. The molecule has 0 aromatic carbocycles. The topological polar surface area (TPSA) is 65.7 Å². The van der Waals surface area contributed by atoms with Crippen LogP contribution in [0, 0.1) is 0 Å². The van der Waals surface area contributed by atoms with Crippen LogP contribution in [0.2, 0.25) is 0 Å². The first-order valence-electron chi connectivity index (χ1n) is 4.93. The van der Waals surface area contributed by atoms with E-state index in [1.54, 1.807) is 23.9 Å². The van der Waals surface area contributed by atoms with Crippen LogP contribution in [0.3, 0.4) is 0 Å². The minimum atomic E-state index is -0.198. The van der Waals surface area contributed by atoms with Gasteiger partial charge in [-0.2, -0.15) is 0 Å². The summed E-state index contributed by atoms with van der Waals surface area (Å²) >= 11 is 3.29. The van der Waals surface area contributed by atoms with Crippen LogP contribution in [-0.2, 0) is 7.05 Å². The summed E-state index contributed by atoms with van der Waals surface area (Å²) in [5.74, 6) is -0.198. The third-order valence-corrected chi connectivity index (χ3v) is 2.65. The summed E-state index contributed by atoms with van der Waals surface area (Å²) in [5.41, 5.74) is 0.522. The molecule has 90 valence electrons. The first-order chi connectivity index (χ1) is 7.60. The summed E-state index contributed by atoms with van der Waals surface area (Å²) in [7, 11) is 1.77. The molecule has 0 bridgehead atoms. The van der Waals surface area contributed by atoms with Crippen LogP contribution in [0.25, 0.3) is 0 Å². The third-order valence-electron chi connectivity index (χ3n) is 2.22. The predicted molar refractivity (Wildman–Crippen MR) is 63.2 cm³/mol.